The van der Waals surface area contributed by atoms with E-state index in [-0.39, 0.29) is 5.56 Å². The van der Waals surface area contributed by atoms with E-state index in [1.807, 2.05) is 0 Å². The molecular weight excluding hydrogens is 285 g/mol. The zero-order valence-electron chi connectivity index (χ0n) is 11.0. The lowest BCUT2D eigenvalue weighted by atomic mass is 10.0. The Labute approximate surface area is 118 Å². The summed E-state index contributed by atoms with van der Waals surface area (Å²) in [5, 5.41) is 0. The van der Waals surface area contributed by atoms with Crippen LogP contribution in [0.15, 0.2) is 42.5 Å². The summed E-state index contributed by atoms with van der Waals surface area (Å²) in [5.74, 6) is -0.0322. The number of para-hydroxylation sites is 1. The number of aldehydes is 1. The molecule has 0 heterocycles. The van der Waals surface area contributed by atoms with Crippen molar-refractivity contribution in [1.29, 1.82) is 0 Å². The Hall–Kier alpha value is -2.50. The molecule has 2 aromatic rings. The molecule has 3 nitrogen and oxygen atoms in total. The van der Waals surface area contributed by atoms with Gasteiger partial charge >= 0.3 is 6.36 Å². The highest BCUT2D eigenvalue weighted by atomic mass is 19.4. The van der Waals surface area contributed by atoms with Gasteiger partial charge in [-0.15, -0.1) is 13.2 Å². The highest BCUT2D eigenvalue weighted by molar-refractivity contribution is 5.82. The van der Waals surface area contributed by atoms with Crippen LogP contribution < -0.4 is 9.47 Å². The zero-order chi connectivity index (χ0) is 15.5. The molecule has 0 bridgehead atoms. The molecule has 2 rings (SSSR count). The van der Waals surface area contributed by atoms with Crippen molar-refractivity contribution in [1.82, 2.24) is 0 Å². The van der Waals surface area contributed by atoms with Crippen LogP contribution in [-0.2, 0) is 0 Å². The van der Waals surface area contributed by atoms with E-state index in [9.17, 15) is 18.0 Å². The van der Waals surface area contributed by atoms with Gasteiger partial charge in [-0.2, -0.15) is 0 Å². The summed E-state index contributed by atoms with van der Waals surface area (Å²) in [6.45, 7) is 0. The number of rotatable bonds is 4. The maximum atomic E-state index is 12.4. The molecule has 0 aliphatic rings. The van der Waals surface area contributed by atoms with Crippen molar-refractivity contribution in [2.45, 2.75) is 6.36 Å². The van der Waals surface area contributed by atoms with E-state index in [0.29, 0.717) is 23.2 Å². The van der Waals surface area contributed by atoms with Crippen LogP contribution in [-0.4, -0.2) is 19.8 Å². The number of carbonyl (C=O) groups is 1. The SMILES string of the molecule is COc1ccccc1-c1ccc(C=O)c(OC(F)(F)F)c1. The Morgan fingerprint density at radius 1 is 1.05 bits per heavy atom. The second kappa shape index (κ2) is 5.87. The number of ether oxygens (including phenoxy) is 2. The number of methoxy groups -OCH3 is 1. The van der Waals surface area contributed by atoms with Crippen molar-refractivity contribution >= 4 is 6.29 Å². The van der Waals surface area contributed by atoms with E-state index in [0.717, 1.165) is 6.07 Å². The zero-order valence-corrected chi connectivity index (χ0v) is 11.0. The van der Waals surface area contributed by atoms with E-state index in [4.69, 9.17) is 4.74 Å². The van der Waals surface area contributed by atoms with Crippen LogP contribution >= 0.6 is 0 Å². The third kappa shape index (κ3) is 3.53. The highest BCUT2D eigenvalue weighted by Gasteiger charge is 2.32. The number of hydrogen-bond donors (Lipinski definition) is 0. The fourth-order valence-electron chi connectivity index (χ4n) is 1.90. The minimum absolute atomic E-state index is 0.175. The molecule has 2 aromatic carbocycles. The summed E-state index contributed by atoms with van der Waals surface area (Å²) in [7, 11) is 1.46. The first-order valence-electron chi connectivity index (χ1n) is 5.93. The molecule has 0 saturated carbocycles. The van der Waals surface area contributed by atoms with Gasteiger partial charge in [0.15, 0.2) is 6.29 Å². The van der Waals surface area contributed by atoms with Gasteiger partial charge in [0.25, 0.3) is 0 Å². The summed E-state index contributed by atoms with van der Waals surface area (Å²) in [6, 6.07) is 10.8. The monoisotopic (exact) mass is 296 g/mol. The van der Waals surface area contributed by atoms with E-state index < -0.39 is 12.1 Å². The molecule has 0 aliphatic heterocycles. The van der Waals surface area contributed by atoms with Gasteiger partial charge in [-0.1, -0.05) is 24.3 Å². The predicted octanol–water partition coefficient (Wildman–Crippen LogP) is 4.07. The topological polar surface area (TPSA) is 35.5 Å². The van der Waals surface area contributed by atoms with E-state index in [1.165, 1.54) is 19.2 Å². The third-order valence-corrected chi connectivity index (χ3v) is 2.78. The lowest BCUT2D eigenvalue weighted by molar-refractivity contribution is -0.274. The molecule has 21 heavy (non-hydrogen) atoms. The van der Waals surface area contributed by atoms with Crippen molar-refractivity contribution in [3.05, 3.63) is 48.0 Å². The molecule has 110 valence electrons. The molecule has 0 aromatic heterocycles. The number of hydrogen-bond acceptors (Lipinski definition) is 3. The Bertz CT molecular complexity index is 651. The van der Waals surface area contributed by atoms with Crippen molar-refractivity contribution in [3.63, 3.8) is 0 Å². The van der Waals surface area contributed by atoms with E-state index >= 15 is 0 Å². The van der Waals surface area contributed by atoms with Gasteiger partial charge in [-0.05, 0) is 23.8 Å². The van der Waals surface area contributed by atoms with E-state index in [2.05, 4.69) is 4.74 Å². The Balaban J connectivity index is 2.51. The number of carbonyl (C=O) groups excluding carboxylic acids is 1. The summed E-state index contributed by atoms with van der Waals surface area (Å²) in [5.41, 5.74) is 0.882. The number of benzene rings is 2. The molecular formula is C15H11F3O3. The first kappa shape index (κ1) is 14.9. The normalized spacial score (nSPS) is 11.0. The Morgan fingerprint density at radius 3 is 2.38 bits per heavy atom. The molecule has 0 amide bonds. The van der Waals surface area contributed by atoms with Crippen LogP contribution in [0, 0.1) is 0 Å². The number of halogens is 3. The second-order valence-corrected chi connectivity index (χ2v) is 4.12. The molecule has 0 unspecified atom stereocenters. The van der Waals surface area contributed by atoms with Gasteiger partial charge < -0.3 is 9.47 Å². The molecule has 0 saturated heterocycles. The predicted molar refractivity (Wildman–Crippen MR) is 70.5 cm³/mol. The first-order valence-corrected chi connectivity index (χ1v) is 5.93. The fraction of sp³-hybridized carbons (Fsp3) is 0.133. The molecule has 6 heteroatoms. The molecule has 0 spiro atoms. The van der Waals surface area contributed by atoms with Gasteiger partial charge in [0.2, 0.25) is 0 Å². The van der Waals surface area contributed by atoms with Gasteiger partial charge in [0, 0.05) is 5.56 Å². The van der Waals surface area contributed by atoms with E-state index in [1.54, 1.807) is 24.3 Å². The maximum absolute atomic E-state index is 12.4. The van der Waals surface area contributed by atoms with Crippen LogP contribution in [0.3, 0.4) is 0 Å². The second-order valence-electron chi connectivity index (χ2n) is 4.12. The van der Waals surface area contributed by atoms with Gasteiger partial charge in [0.05, 0.1) is 12.7 Å². The molecule has 0 radical (unpaired) electrons. The van der Waals surface area contributed by atoms with Crippen LogP contribution in [0.25, 0.3) is 11.1 Å². The van der Waals surface area contributed by atoms with Gasteiger partial charge in [0.1, 0.15) is 11.5 Å². The van der Waals surface area contributed by atoms with Crippen LogP contribution in [0.2, 0.25) is 0 Å². The smallest absolute Gasteiger partial charge is 0.496 e. The molecule has 0 N–H and O–H groups in total. The van der Waals surface area contributed by atoms with Crippen molar-refractivity contribution in [2.75, 3.05) is 7.11 Å². The van der Waals surface area contributed by atoms with Crippen molar-refractivity contribution in [2.24, 2.45) is 0 Å². The van der Waals surface area contributed by atoms with Crippen LogP contribution in [0.5, 0.6) is 11.5 Å². The fourth-order valence-corrected chi connectivity index (χ4v) is 1.90. The maximum Gasteiger partial charge on any atom is 0.573 e. The average molecular weight is 296 g/mol. The summed E-state index contributed by atoms with van der Waals surface area (Å²) >= 11 is 0. The third-order valence-electron chi connectivity index (χ3n) is 2.78. The lowest BCUT2D eigenvalue weighted by Gasteiger charge is -2.13. The Kier molecular flexibility index (Phi) is 4.16. The molecule has 0 fully saturated rings. The first-order chi connectivity index (χ1) is 9.94. The van der Waals surface area contributed by atoms with Crippen LogP contribution in [0.4, 0.5) is 13.2 Å². The summed E-state index contributed by atoms with van der Waals surface area (Å²) in [4.78, 5) is 10.8. The minimum Gasteiger partial charge on any atom is -0.496 e. The number of alkyl halides is 3. The standard InChI is InChI=1S/C15H11F3O3/c1-20-13-5-3-2-4-12(13)10-6-7-11(9-19)14(8-10)21-15(16,17)18/h2-9H,1H3. The van der Waals surface area contributed by atoms with Gasteiger partial charge in [-0.3, -0.25) is 4.79 Å². The summed E-state index contributed by atoms with van der Waals surface area (Å²) < 4.78 is 46.2. The lowest BCUT2D eigenvalue weighted by Crippen LogP contribution is -2.18. The van der Waals surface area contributed by atoms with Crippen LogP contribution in [0.1, 0.15) is 10.4 Å². The quantitative estimate of drug-likeness (QED) is 0.798. The van der Waals surface area contributed by atoms with Crippen molar-refractivity contribution < 1.29 is 27.4 Å². The highest BCUT2D eigenvalue weighted by Crippen LogP contribution is 2.34. The van der Waals surface area contributed by atoms with Gasteiger partial charge in [-0.25, -0.2) is 0 Å². The minimum atomic E-state index is -4.86. The summed E-state index contributed by atoms with van der Waals surface area (Å²) in [6.07, 6.45) is -4.55. The van der Waals surface area contributed by atoms with Crippen molar-refractivity contribution in [3.8, 4) is 22.6 Å². The average Bonchev–Trinajstić information content (AvgIpc) is 2.45. The molecule has 0 atom stereocenters. The Morgan fingerprint density at radius 2 is 1.76 bits per heavy atom. The largest absolute Gasteiger partial charge is 0.573 e. The molecule has 0 aliphatic carbocycles.